The van der Waals surface area contributed by atoms with E-state index in [-0.39, 0.29) is 21.7 Å². The Kier molecular flexibility index (Phi) is 10.7. The average Bonchev–Trinajstić information content (AvgIpc) is 4.09. The highest BCUT2D eigenvalue weighted by atomic mass is 16.3. The molecule has 8 aromatic carbocycles. The van der Waals surface area contributed by atoms with Gasteiger partial charge in [-0.2, -0.15) is 5.26 Å². The van der Waals surface area contributed by atoms with Crippen LogP contribution in [0.3, 0.4) is 0 Å². The van der Waals surface area contributed by atoms with Gasteiger partial charge < -0.3 is 13.6 Å². The highest BCUT2D eigenvalue weighted by Crippen LogP contribution is 2.47. The van der Waals surface area contributed by atoms with Gasteiger partial charge in [-0.1, -0.05) is 180 Å². The molecule has 4 aromatic heterocycles. The zero-order valence-electron chi connectivity index (χ0n) is 45.2. The van der Waals surface area contributed by atoms with E-state index in [1.54, 1.807) is 0 Å². The first-order chi connectivity index (χ1) is 35.7. The maximum Gasteiger partial charge on any atom is 0.164 e. The molecule has 0 atom stereocenters. The highest BCUT2D eigenvalue weighted by molar-refractivity contribution is 6.18. The summed E-state index contributed by atoms with van der Waals surface area (Å²) >= 11 is 0. The standard InChI is InChI=1S/C69H63N5O/c1-66(2,3)43-26-30-56-49(34-43)50-35-44(67(4,5)6)27-31-57(50)73(56)60-39-61(74-58-32-28-45(68(7,8)9)36-51(58)52-37-46(69(10,11)12)29-33-59(52)74)64-62(53(60)40-70)47-24-19-25-48(63(47)75-64)65-71-54(41-20-15-13-16-21-41)38-55(72-65)42-22-17-14-18-23-42/h13-39H,1-12H3. The lowest BCUT2D eigenvalue weighted by atomic mass is 9.85. The molecule has 12 rings (SSSR count). The number of hydrogen-bond donors (Lipinski definition) is 0. The van der Waals surface area contributed by atoms with Gasteiger partial charge in [0, 0.05) is 38.1 Å². The molecule has 370 valence electrons. The molecule has 12 aromatic rings. The fraction of sp³-hybridized carbons (Fsp3) is 0.232. The van der Waals surface area contributed by atoms with E-state index >= 15 is 0 Å². The number of nitriles is 1. The van der Waals surface area contributed by atoms with Crippen molar-refractivity contribution in [3.05, 3.63) is 192 Å². The van der Waals surface area contributed by atoms with E-state index in [0.717, 1.165) is 83.1 Å². The summed E-state index contributed by atoms with van der Waals surface area (Å²) in [6, 6.07) is 61.4. The number of furan rings is 1. The van der Waals surface area contributed by atoms with E-state index in [9.17, 15) is 5.26 Å². The van der Waals surface area contributed by atoms with Crippen molar-refractivity contribution in [3.8, 4) is 51.3 Å². The minimum Gasteiger partial charge on any atom is -0.453 e. The minimum absolute atomic E-state index is 0.0786. The molecule has 75 heavy (non-hydrogen) atoms. The van der Waals surface area contributed by atoms with E-state index in [1.807, 2.05) is 48.5 Å². The molecule has 0 aliphatic heterocycles. The number of para-hydroxylation sites is 1. The fourth-order valence-corrected chi connectivity index (χ4v) is 11.1. The first-order valence-corrected chi connectivity index (χ1v) is 26.3. The van der Waals surface area contributed by atoms with Gasteiger partial charge in [0.05, 0.1) is 61.3 Å². The SMILES string of the molecule is CC(C)(C)c1ccc2c(c1)c1cc(C(C)(C)C)ccc1n2-c1cc(-n2c3ccc(C(C)(C)C)cc3c3cc(C(C)(C)C)ccc32)c2oc3c(-c4nc(-c5ccccc5)cc(-c5ccccc5)n4)cccc3c2c1C#N. The van der Waals surface area contributed by atoms with Crippen LogP contribution in [0.1, 0.15) is 111 Å². The smallest absolute Gasteiger partial charge is 0.164 e. The highest BCUT2D eigenvalue weighted by Gasteiger charge is 2.30. The number of rotatable bonds is 5. The Morgan fingerprint density at radius 2 is 0.800 bits per heavy atom. The lowest BCUT2D eigenvalue weighted by molar-refractivity contribution is 0.590. The maximum absolute atomic E-state index is 11.9. The molecule has 0 saturated carbocycles. The predicted octanol–water partition coefficient (Wildman–Crippen LogP) is 18.6. The van der Waals surface area contributed by atoms with Gasteiger partial charge >= 0.3 is 0 Å². The molecule has 0 spiro atoms. The molecule has 0 unspecified atom stereocenters. The number of fused-ring (bicyclic) bond motifs is 9. The van der Waals surface area contributed by atoms with Crippen LogP contribution in [0.15, 0.2) is 168 Å². The van der Waals surface area contributed by atoms with Crippen molar-refractivity contribution in [2.75, 3.05) is 0 Å². The Morgan fingerprint density at radius 1 is 0.400 bits per heavy atom. The van der Waals surface area contributed by atoms with Crippen LogP contribution in [0.5, 0.6) is 0 Å². The molecule has 0 aliphatic carbocycles. The summed E-state index contributed by atoms with van der Waals surface area (Å²) in [5.41, 5.74) is 16.6. The van der Waals surface area contributed by atoms with E-state index in [0.29, 0.717) is 22.6 Å². The topological polar surface area (TPSA) is 72.6 Å². The van der Waals surface area contributed by atoms with Gasteiger partial charge in [-0.05, 0) is 111 Å². The van der Waals surface area contributed by atoms with Crippen molar-refractivity contribution in [2.24, 2.45) is 0 Å². The van der Waals surface area contributed by atoms with Crippen LogP contribution in [0.25, 0.3) is 111 Å². The van der Waals surface area contributed by atoms with Gasteiger partial charge in [0.2, 0.25) is 0 Å². The Bertz CT molecular complexity index is 4120. The second-order valence-electron chi connectivity index (χ2n) is 24.7. The quantitative estimate of drug-likeness (QED) is 0.172. The molecule has 0 bridgehead atoms. The average molecular weight is 978 g/mol. The summed E-state index contributed by atoms with van der Waals surface area (Å²) in [7, 11) is 0. The molecule has 0 N–H and O–H groups in total. The summed E-state index contributed by atoms with van der Waals surface area (Å²) in [6.07, 6.45) is 0. The Hall–Kier alpha value is -8.27. The third-order valence-electron chi connectivity index (χ3n) is 15.4. The summed E-state index contributed by atoms with van der Waals surface area (Å²) in [5, 5.41) is 18.1. The van der Waals surface area contributed by atoms with E-state index in [2.05, 4.69) is 214 Å². The van der Waals surface area contributed by atoms with Crippen molar-refractivity contribution in [1.82, 2.24) is 19.1 Å². The largest absolute Gasteiger partial charge is 0.453 e. The van der Waals surface area contributed by atoms with Crippen LogP contribution in [-0.2, 0) is 21.7 Å². The molecule has 6 heteroatoms. The van der Waals surface area contributed by atoms with Gasteiger partial charge in [-0.15, -0.1) is 0 Å². The van der Waals surface area contributed by atoms with Crippen molar-refractivity contribution >= 4 is 65.6 Å². The summed E-state index contributed by atoms with van der Waals surface area (Å²) in [4.78, 5) is 10.6. The van der Waals surface area contributed by atoms with Crippen molar-refractivity contribution in [3.63, 3.8) is 0 Å². The second kappa shape index (κ2) is 16.9. The van der Waals surface area contributed by atoms with Crippen LogP contribution >= 0.6 is 0 Å². The molecule has 0 radical (unpaired) electrons. The molecular formula is C69H63N5O. The van der Waals surface area contributed by atoms with Crippen LogP contribution in [0, 0.1) is 11.3 Å². The molecule has 0 aliphatic rings. The predicted molar refractivity (Wildman–Crippen MR) is 314 cm³/mol. The van der Waals surface area contributed by atoms with Crippen molar-refractivity contribution in [2.45, 2.75) is 105 Å². The van der Waals surface area contributed by atoms with Crippen molar-refractivity contribution in [1.29, 1.82) is 5.26 Å². The normalized spacial score (nSPS) is 12.8. The molecule has 6 nitrogen and oxygen atoms in total. The van der Waals surface area contributed by atoms with Crippen LogP contribution in [-0.4, -0.2) is 19.1 Å². The van der Waals surface area contributed by atoms with Gasteiger partial charge in [0.25, 0.3) is 0 Å². The zero-order chi connectivity index (χ0) is 52.5. The lowest BCUT2D eigenvalue weighted by Crippen LogP contribution is -2.10. The molecule has 0 saturated heterocycles. The Balaban J connectivity index is 1.25. The Morgan fingerprint density at radius 3 is 1.19 bits per heavy atom. The number of aromatic nitrogens is 4. The van der Waals surface area contributed by atoms with Gasteiger partial charge in [-0.3, -0.25) is 0 Å². The monoisotopic (exact) mass is 978 g/mol. The summed E-state index contributed by atoms with van der Waals surface area (Å²) in [6.45, 7) is 27.3. The minimum atomic E-state index is -0.0794. The van der Waals surface area contributed by atoms with E-state index in [1.165, 1.54) is 33.0 Å². The van der Waals surface area contributed by atoms with E-state index < -0.39 is 0 Å². The zero-order valence-corrected chi connectivity index (χ0v) is 45.2. The van der Waals surface area contributed by atoms with Crippen LogP contribution in [0.4, 0.5) is 0 Å². The fourth-order valence-electron chi connectivity index (χ4n) is 11.1. The number of benzene rings is 8. The van der Waals surface area contributed by atoms with Gasteiger partial charge in [0.15, 0.2) is 11.4 Å². The maximum atomic E-state index is 11.9. The summed E-state index contributed by atoms with van der Waals surface area (Å²) in [5.74, 6) is 0.535. The van der Waals surface area contributed by atoms with Crippen molar-refractivity contribution < 1.29 is 4.42 Å². The molecule has 0 amide bonds. The third kappa shape index (κ3) is 7.91. The first kappa shape index (κ1) is 47.7. The van der Waals surface area contributed by atoms with E-state index in [4.69, 9.17) is 14.4 Å². The van der Waals surface area contributed by atoms with Crippen LogP contribution < -0.4 is 0 Å². The second-order valence-corrected chi connectivity index (χ2v) is 24.7. The summed E-state index contributed by atoms with van der Waals surface area (Å²) < 4.78 is 12.2. The first-order valence-electron chi connectivity index (χ1n) is 26.3. The number of hydrogen-bond acceptors (Lipinski definition) is 4. The molecular weight excluding hydrogens is 915 g/mol. The Labute approximate surface area is 439 Å². The van der Waals surface area contributed by atoms with Gasteiger partial charge in [-0.25, -0.2) is 9.97 Å². The molecule has 4 heterocycles. The molecule has 0 fully saturated rings. The third-order valence-corrected chi connectivity index (χ3v) is 15.4. The van der Waals surface area contributed by atoms with Gasteiger partial charge in [0.1, 0.15) is 11.7 Å². The van der Waals surface area contributed by atoms with Crippen LogP contribution in [0.2, 0.25) is 0 Å². The number of nitrogens with zero attached hydrogens (tertiary/aromatic N) is 5. The lowest BCUT2D eigenvalue weighted by Gasteiger charge is -2.20.